The van der Waals surface area contributed by atoms with Crippen molar-refractivity contribution in [1.29, 1.82) is 0 Å². The predicted octanol–water partition coefficient (Wildman–Crippen LogP) is 5.47. The average Bonchev–Trinajstić information content (AvgIpc) is 2.93. The van der Waals surface area contributed by atoms with Gasteiger partial charge in [0.2, 0.25) is 0 Å². The second-order valence-corrected chi connectivity index (χ2v) is 6.26. The topological polar surface area (TPSA) is 74.7 Å². The van der Waals surface area contributed by atoms with Gasteiger partial charge in [0.05, 0.1) is 12.6 Å². The summed E-state index contributed by atoms with van der Waals surface area (Å²) in [6, 6.07) is 13.0. The van der Waals surface area contributed by atoms with Crippen molar-refractivity contribution in [2.45, 2.75) is 0 Å². The molecule has 0 atom stereocenters. The van der Waals surface area contributed by atoms with Gasteiger partial charge < -0.3 is 14.8 Å². The third kappa shape index (κ3) is 3.80. The highest BCUT2D eigenvalue weighted by Gasteiger charge is 2.10. The molecule has 0 saturated carbocycles. The largest absolute Gasteiger partial charge is 0.497 e. The smallest absolute Gasteiger partial charge is 0.196 e. The number of H-pyrrole nitrogens is 1. The molecule has 5 nitrogen and oxygen atoms in total. The molecule has 0 spiro atoms. The molecular formula is C19H15BrN2O3. The quantitative estimate of drug-likeness (QED) is 0.442. The number of aromatic hydroxyl groups is 1. The molecule has 6 heteroatoms. The number of halogens is 1. The van der Waals surface area contributed by atoms with Gasteiger partial charge in [-0.05, 0) is 47.2 Å². The highest BCUT2D eigenvalue weighted by molar-refractivity contribution is 9.10. The standard InChI is InChI=1S/C19H15BrN2O3/c1-25-15-7-3-12(4-8-15)2-6-14(22-24)11-17-16-9-5-13(20)10-18(16)21-19(17)23/h2-11,21,23H,1H3/b6-2+,14-11+. The first-order valence-corrected chi connectivity index (χ1v) is 8.27. The summed E-state index contributed by atoms with van der Waals surface area (Å²) in [6.07, 6.45) is 4.93. The second-order valence-electron chi connectivity index (χ2n) is 5.34. The number of methoxy groups -OCH3 is 1. The highest BCUT2D eigenvalue weighted by atomic mass is 79.9. The van der Waals surface area contributed by atoms with E-state index in [0.29, 0.717) is 5.56 Å². The molecule has 0 aliphatic rings. The lowest BCUT2D eigenvalue weighted by Crippen LogP contribution is -1.81. The first kappa shape index (κ1) is 17.0. The molecule has 0 amide bonds. The van der Waals surface area contributed by atoms with Crippen molar-refractivity contribution in [1.82, 2.24) is 4.98 Å². The Hall–Kier alpha value is -2.86. The third-order valence-corrected chi connectivity index (χ3v) is 4.23. The Kier molecular flexibility index (Phi) is 5.00. The van der Waals surface area contributed by atoms with Gasteiger partial charge in [-0.25, -0.2) is 0 Å². The van der Waals surface area contributed by atoms with Gasteiger partial charge in [0.15, 0.2) is 5.88 Å². The number of hydrogen-bond donors (Lipinski definition) is 2. The lowest BCUT2D eigenvalue weighted by molar-refractivity contribution is 0.415. The minimum absolute atomic E-state index is 0.00732. The molecule has 0 aliphatic carbocycles. The van der Waals surface area contributed by atoms with Crippen molar-refractivity contribution in [2.24, 2.45) is 5.18 Å². The zero-order valence-electron chi connectivity index (χ0n) is 13.4. The number of aromatic nitrogens is 1. The van der Waals surface area contributed by atoms with Crippen LogP contribution in [0, 0.1) is 4.91 Å². The number of fused-ring (bicyclic) bond motifs is 1. The Labute approximate surface area is 152 Å². The van der Waals surface area contributed by atoms with E-state index in [0.717, 1.165) is 26.7 Å². The molecule has 25 heavy (non-hydrogen) atoms. The highest BCUT2D eigenvalue weighted by Crippen LogP contribution is 2.31. The molecule has 0 saturated heterocycles. The average molecular weight is 399 g/mol. The number of nitroso groups, excluding NO2 is 1. The van der Waals surface area contributed by atoms with Crippen molar-refractivity contribution < 1.29 is 9.84 Å². The number of benzene rings is 2. The maximum Gasteiger partial charge on any atom is 0.196 e. The van der Waals surface area contributed by atoms with Gasteiger partial charge in [-0.2, -0.15) is 0 Å². The van der Waals surface area contributed by atoms with Crippen molar-refractivity contribution in [3.63, 3.8) is 0 Å². The number of allylic oxidation sites excluding steroid dienone is 1. The number of hydrogen-bond acceptors (Lipinski definition) is 4. The summed E-state index contributed by atoms with van der Waals surface area (Å²) < 4.78 is 6.00. The summed E-state index contributed by atoms with van der Waals surface area (Å²) in [4.78, 5) is 14.0. The van der Waals surface area contributed by atoms with E-state index in [-0.39, 0.29) is 11.6 Å². The first-order valence-electron chi connectivity index (χ1n) is 7.48. The van der Waals surface area contributed by atoms with Gasteiger partial charge in [0, 0.05) is 15.4 Å². The van der Waals surface area contributed by atoms with Crippen LogP contribution >= 0.6 is 15.9 Å². The van der Waals surface area contributed by atoms with Gasteiger partial charge in [0.25, 0.3) is 0 Å². The molecule has 1 heterocycles. The van der Waals surface area contributed by atoms with Crippen LogP contribution in [0.3, 0.4) is 0 Å². The number of rotatable bonds is 5. The zero-order valence-corrected chi connectivity index (χ0v) is 14.9. The number of nitrogens with one attached hydrogen (secondary N) is 1. The maximum atomic E-state index is 11.2. The van der Waals surface area contributed by atoms with Crippen LogP contribution in [-0.4, -0.2) is 17.2 Å². The number of nitrogens with zero attached hydrogens (tertiary/aromatic N) is 1. The molecular weight excluding hydrogens is 384 g/mol. The summed E-state index contributed by atoms with van der Waals surface area (Å²) in [5, 5.41) is 14.0. The fourth-order valence-electron chi connectivity index (χ4n) is 2.47. The van der Waals surface area contributed by atoms with Gasteiger partial charge in [0.1, 0.15) is 11.4 Å². The fraction of sp³-hybridized carbons (Fsp3) is 0.0526. The van der Waals surface area contributed by atoms with E-state index in [1.165, 1.54) is 0 Å². The van der Waals surface area contributed by atoms with Gasteiger partial charge in [-0.15, -0.1) is 4.91 Å². The van der Waals surface area contributed by atoms with Crippen molar-refractivity contribution >= 4 is 39.0 Å². The van der Waals surface area contributed by atoms with Crippen LogP contribution in [0.4, 0.5) is 0 Å². The van der Waals surface area contributed by atoms with E-state index in [1.54, 1.807) is 25.3 Å². The lowest BCUT2D eigenvalue weighted by atomic mass is 10.1. The van der Waals surface area contributed by atoms with Crippen LogP contribution in [0.5, 0.6) is 11.6 Å². The van der Waals surface area contributed by atoms with Gasteiger partial charge in [-0.3, -0.25) is 0 Å². The number of ether oxygens (including phenoxy) is 1. The fourth-order valence-corrected chi connectivity index (χ4v) is 2.83. The molecule has 3 aromatic rings. The first-order chi connectivity index (χ1) is 12.1. The summed E-state index contributed by atoms with van der Waals surface area (Å²) in [7, 11) is 1.61. The molecule has 0 fully saturated rings. The number of aromatic amines is 1. The SMILES string of the molecule is COc1ccc(/C=C/C(=C\c2c(O)[nH]c3cc(Br)ccc23)N=O)cc1. The molecule has 2 N–H and O–H groups in total. The summed E-state index contributed by atoms with van der Waals surface area (Å²) in [5.41, 5.74) is 2.40. The summed E-state index contributed by atoms with van der Waals surface area (Å²) in [5.74, 6) is 0.753. The van der Waals surface area contributed by atoms with Crippen LogP contribution in [0.1, 0.15) is 11.1 Å². The molecule has 0 bridgehead atoms. The molecule has 0 unspecified atom stereocenters. The van der Waals surface area contributed by atoms with E-state index in [1.807, 2.05) is 42.5 Å². The monoisotopic (exact) mass is 398 g/mol. The Morgan fingerprint density at radius 1 is 1.24 bits per heavy atom. The third-order valence-electron chi connectivity index (χ3n) is 3.74. The van der Waals surface area contributed by atoms with Crippen LogP contribution in [0.2, 0.25) is 0 Å². The minimum atomic E-state index is -0.00732. The predicted molar refractivity (Wildman–Crippen MR) is 103 cm³/mol. The van der Waals surface area contributed by atoms with E-state index >= 15 is 0 Å². The van der Waals surface area contributed by atoms with E-state index in [2.05, 4.69) is 26.1 Å². The second kappa shape index (κ2) is 7.36. The van der Waals surface area contributed by atoms with Crippen LogP contribution < -0.4 is 4.74 Å². The zero-order chi connectivity index (χ0) is 17.8. The lowest BCUT2D eigenvalue weighted by Gasteiger charge is -1.99. The van der Waals surface area contributed by atoms with Crippen LogP contribution in [0.15, 0.2) is 63.9 Å². The van der Waals surface area contributed by atoms with Crippen molar-refractivity contribution in [3.05, 3.63) is 74.7 Å². The Bertz CT molecular complexity index is 972. The van der Waals surface area contributed by atoms with E-state index < -0.39 is 0 Å². The van der Waals surface area contributed by atoms with Crippen LogP contribution in [-0.2, 0) is 0 Å². The Morgan fingerprint density at radius 2 is 2.00 bits per heavy atom. The molecule has 0 radical (unpaired) electrons. The summed E-state index contributed by atoms with van der Waals surface area (Å²) in [6.45, 7) is 0. The van der Waals surface area contributed by atoms with Crippen molar-refractivity contribution in [3.8, 4) is 11.6 Å². The van der Waals surface area contributed by atoms with Crippen molar-refractivity contribution in [2.75, 3.05) is 7.11 Å². The van der Waals surface area contributed by atoms with Crippen LogP contribution in [0.25, 0.3) is 23.1 Å². The molecule has 126 valence electrons. The molecule has 1 aromatic heterocycles. The maximum absolute atomic E-state index is 11.2. The normalized spacial score (nSPS) is 12.0. The molecule has 2 aromatic carbocycles. The summed E-state index contributed by atoms with van der Waals surface area (Å²) >= 11 is 3.39. The van der Waals surface area contributed by atoms with Gasteiger partial charge >= 0.3 is 0 Å². The Balaban J connectivity index is 1.93. The Morgan fingerprint density at radius 3 is 2.68 bits per heavy atom. The molecule has 3 rings (SSSR count). The van der Waals surface area contributed by atoms with E-state index in [9.17, 15) is 10.0 Å². The minimum Gasteiger partial charge on any atom is -0.497 e. The molecule has 0 aliphatic heterocycles. The van der Waals surface area contributed by atoms with Gasteiger partial charge in [-0.1, -0.05) is 40.2 Å². The van der Waals surface area contributed by atoms with E-state index in [4.69, 9.17) is 4.74 Å².